The van der Waals surface area contributed by atoms with Crippen LogP contribution >= 0.6 is 23.4 Å². The zero-order chi connectivity index (χ0) is 17.5. The first-order chi connectivity index (χ1) is 11.3. The number of aromatic amines is 1. The molecule has 3 rings (SSSR count). The Hall–Kier alpha value is -1.60. The zero-order valence-electron chi connectivity index (χ0n) is 12.6. The summed E-state index contributed by atoms with van der Waals surface area (Å²) in [6, 6.07) is 5.63. The summed E-state index contributed by atoms with van der Waals surface area (Å²) in [4.78, 5) is 14.5. The third-order valence-corrected chi connectivity index (χ3v) is 5.41. The van der Waals surface area contributed by atoms with E-state index in [9.17, 15) is 18.0 Å². The van der Waals surface area contributed by atoms with Gasteiger partial charge in [0.15, 0.2) is 0 Å². The van der Waals surface area contributed by atoms with Crippen molar-refractivity contribution in [2.24, 2.45) is 0 Å². The van der Waals surface area contributed by atoms with Crippen LogP contribution in [-0.4, -0.2) is 22.7 Å². The van der Waals surface area contributed by atoms with Gasteiger partial charge in [-0.3, -0.25) is 4.79 Å². The zero-order valence-corrected chi connectivity index (χ0v) is 14.2. The molecule has 2 aromatic rings. The molecule has 1 unspecified atom stereocenters. The molecule has 24 heavy (non-hydrogen) atoms. The quantitative estimate of drug-likeness (QED) is 0.819. The van der Waals surface area contributed by atoms with Gasteiger partial charge < -0.3 is 10.3 Å². The Morgan fingerprint density at radius 2 is 2.00 bits per heavy atom. The number of hydrogen-bond donors (Lipinski definition) is 2. The van der Waals surface area contributed by atoms with Crippen LogP contribution in [0.15, 0.2) is 35.3 Å². The Morgan fingerprint density at radius 3 is 2.67 bits per heavy atom. The van der Waals surface area contributed by atoms with E-state index < -0.39 is 17.2 Å². The molecule has 0 bridgehead atoms. The van der Waals surface area contributed by atoms with E-state index in [1.54, 1.807) is 6.92 Å². The molecule has 1 atom stereocenters. The molecule has 0 radical (unpaired) electrons. The van der Waals surface area contributed by atoms with Gasteiger partial charge in [0.05, 0.1) is 0 Å². The standard InChI is InChI=1S/C16H14ClF3N2OS/c1-2-24-8-15(16(18,19)20)10-5-6-21-14(23)13(10)22-12-4-3-9(17)7-11(12)15/h3-7,22H,2,8H2,1H3,(H,21,23). The van der Waals surface area contributed by atoms with Crippen LogP contribution in [0.5, 0.6) is 0 Å². The number of aromatic nitrogens is 1. The Labute approximate surface area is 145 Å². The Kier molecular flexibility index (Phi) is 4.34. The fourth-order valence-electron chi connectivity index (χ4n) is 3.01. The number of thioether (sulfide) groups is 1. The first-order valence-electron chi connectivity index (χ1n) is 7.25. The Bertz CT molecular complexity index is 837. The Balaban J connectivity index is 2.40. The van der Waals surface area contributed by atoms with Crippen molar-refractivity contribution in [2.45, 2.75) is 18.5 Å². The fraction of sp³-hybridized carbons (Fsp3) is 0.312. The van der Waals surface area contributed by atoms with E-state index >= 15 is 0 Å². The Morgan fingerprint density at radius 1 is 1.25 bits per heavy atom. The second-order valence-electron chi connectivity index (χ2n) is 5.45. The van der Waals surface area contributed by atoms with Gasteiger partial charge in [-0.15, -0.1) is 0 Å². The first-order valence-corrected chi connectivity index (χ1v) is 8.78. The van der Waals surface area contributed by atoms with Crippen molar-refractivity contribution in [3.63, 3.8) is 0 Å². The van der Waals surface area contributed by atoms with Gasteiger partial charge >= 0.3 is 6.18 Å². The SMILES string of the molecule is CCSCC1(C(F)(F)F)c2cc(Cl)ccc2Nc2c1cc[nH]c2=O. The minimum Gasteiger partial charge on any atom is -0.351 e. The van der Waals surface area contributed by atoms with Crippen LogP contribution in [0, 0.1) is 0 Å². The van der Waals surface area contributed by atoms with Crippen molar-refractivity contribution in [3.8, 4) is 0 Å². The van der Waals surface area contributed by atoms with Gasteiger partial charge in [0.1, 0.15) is 11.1 Å². The number of halogens is 4. The number of hydrogen-bond acceptors (Lipinski definition) is 3. The average Bonchev–Trinajstić information content (AvgIpc) is 2.51. The molecular weight excluding hydrogens is 361 g/mol. The van der Waals surface area contributed by atoms with Gasteiger partial charge in [-0.25, -0.2) is 0 Å². The molecule has 3 nitrogen and oxygen atoms in total. The number of pyridine rings is 1. The number of rotatable bonds is 3. The summed E-state index contributed by atoms with van der Waals surface area (Å²) in [5.74, 6) is 0.304. The smallest absolute Gasteiger partial charge is 0.351 e. The predicted molar refractivity (Wildman–Crippen MR) is 91.6 cm³/mol. The van der Waals surface area contributed by atoms with Gasteiger partial charge in [-0.1, -0.05) is 18.5 Å². The fourth-order valence-corrected chi connectivity index (χ4v) is 4.17. The van der Waals surface area contributed by atoms with Gasteiger partial charge in [0.25, 0.3) is 5.56 Å². The normalized spacial score (nSPS) is 19.4. The maximum absolute atomic E-state index is 14.3. The lowest BCUT2D eigenvalue weighted by Gasteiger charge is -2.41. The number of anilines is 2. The van der Waals surface area contributed by atoms with Crippen molar-refractivity contribution >= 4 is 34.7 Å². The van der Waals surface area contributed by atoms with Crippen molar-refractivity contribution in [3.05, 3.63) is 57.0 Å². The summed E-state index contributed by atoms with van der Waals surface area (Å²) in [5, 5.41) is 3.05. The van der Waals surface area contributed by atoms with E-state index in [4.69, 9.17) is 11.6 Å². The van der Waals surface area contributed by atoms with Crippen LogP contribution in [-0.2, 0) is 5.41 Å². The molecule has 0 saturated heterocycles. The summed E-state index contributed by atoms with van der Waals surface area (Å²) in [6.45, 7) is 1.80. The minimum atomic E-state index is -4.58. The number of fused-ring (bicyclic) bond motifs is 2. The van der Waals surface area contributed by atoms with Crippen LogP contribution in [0.25, 0.3) is 0 Å². The topological polar surface area (TPSA) is 44.9 Å². The summed E-state index contributed by atoms with van der Waals surface area (Å²) in [5.41, 5.74) is -2.72. The molecule has 0 aliphatic carbocycles. The predicted octanol–water partition coefficient (Wildman–Crippen LogP) is 4.69. The number of benzene rings is 1. The molecule has 0 saturated carbocycles. The molecule has 1 aliphatic rings. The lowest BCUT2D eigenvalue weighted by Crippen LogP contribution is -2.49. The van der Waals surface area contributed by atoms with Crippen molar-refractivity contribution in [1.82, 2.24) is 4.98 Å². The summed E-state index contributed by atoms with van der Waals surface area (Å²) < 4.78 is 43.0. The molecule has 0 fully saturated rings. The summed E-state index contributed by atoms with van der Waals surface area (Å²) in [6.07, 6.45) is -3.34. The van der Waals surface area contributed by atoms with Crippen LogP contribution in [0.3, 0.4) is 0 Å². The highest BCUT2D eigenvalue weighted by atomic mass is 35.5. The molecule has 0 amide bonds. The third kappa shape index (κ3) is 2.50. The highest BCUT2D eigenvalue weighted by Crippen LogP contribution is 2.55. The maximum Gasteiger partial charge on any atom is 0.403 e. The highest BCUT2D eigenvalue weighted by Gasteiger charge is 2.60. The molecule has 8 heteroatoms. The largest absolute Gasteiger partial charge is 0.403 e. The van der Waals surface area contributed by atoms with Crippen molar-refractivity contribution < 1.29 is 13.2 Å². The average molecular weight is 375 g/mol. The number of alkyl halides is 3. The van der Waals surface area contributed by atoms with Gasteiger partial charge in [-0.2, -0.15) is 24.9 Å². The lowest BCUT2D eigenvalue weighted by atomic mass is 9.72. The van der Waals surface area contributed by atoms with Crippen molar-refractivity contribution in [1.29, 1.82) is 0 Å². The van der Waals surface area contributed by atoms with Gasteiger partial charge in [0, 0.05) is 28.2 Å². The third-order valence-electron chi connectivity index (χ3n) is 4.13. The van der Waals surface area contributed by atoms with Crippen LogP contribution in [0.2, 0.25) is 5.02 Å². The second-order valence-corrected chi connectivity index (χ2v) is 7.16. The number of H-pyrrole nitrogens is 1. The van der Waals surface area contributed by atoms with E-state index in [0.717, 1.165) is 0 Å². The molecule has 1 aliphatic heterocycles. The summed E-state index contributed by atoms with van der Waals surface area (Å²) in [7, 11) is 0. The van der Waals surface area contributed by atoms with E-state index in [1.807, 2.05) is 0 Å². The number of nitrogens with one attached hydrogen (secondary N) is 2. The van der Waals surface area contributed by atoms with Crippen molar-refractivity contribution in [2.75, 3.05) is 16.8 Å². The molecule has 0 spiro atoms. The van der Waals surface area contributed by atoms with Gasteiger partial charge in [0.2, 0.25) is 0 Å². The monoisotopic (exact) mass is 374 g/mol. The van der Waals surface area contributed by atoms with E-state index in [0.29, 0.717) is 5.75 Å². The molecular formula is C16H14ClF3N2OS. The minimum absolute atomic E-state index is 0.0431. The lowest BCUT2D eigenvalue weighted by molar-refractivity contribution is -0.171. The highest BCUT2D eigenvalue weighted by molar-refractivity contribution is 7.99. The van der Waals surface area contributed by atoms with Crippen LogP contribution in [0.1, 0.15) is 18.1 Å². The first kappa shape index (κ1) is 17.2. The maximum atomic E-state index is 14.3. The molecule has 1 aromatic heterocycles. The molecule has 2 N–H and O–H groups in total. The van der Waals surface area contributed by atoms with Crippen LogP contribution in [0.4, 0.5) is 24.5 Å². The molecule has 1 aromatic carbocycles. The molecule has 2 heterocycles. The molecule has 128 valence electrons. The summed E-state index contributed by atoms with van der Waals surface area (Å²) >= 11 is 7.15. The van der Waals surface area contributed by atoms with Gasteiger partial charge in [-0.05, 0) is 35.6 Å². The second kappa shape index (κ2) is 6.04. The van der Waals surface area contributed by atoms with E-state index in [1.165, 1.54) is 42.2 Å². The van der Waals surface area contributed by atoms with E-state index in [2.05, 4.69) is 10.3 Å². The van der Waals surface area contributed by atoms with Crippen LogP contribution < -0.4 is 10.9 Å². The van der Waals surface area contributed by atoms with E-state index in [-0.39, 0.29) is 33.3 Å².